The number of rotatable bonds is 3. The molecule has 1 heterocycles. The van der Waals surface area contributed by atoms with Gasteiger partial charge in [-0.1, -0.05) is 30.3 Å². The van der Waals surface area contributed by atoms with E-state index in [9.17, 15) is 9.59 Å². The zero-order valence-electron chi connectivity index (χ0n) is 12.2. The predicted octanol–water partition coefficient (Wildman–Crippen LogP) is 2.08. The molecule has 2 rings (SSSR count). The van der Waals surface area contributed by atoms with Gasteiger partial charge in [-0.25, -0.2) is 4.79 Å². The Bertz CT molecular complexity index is 490. The van der Waals surface area contributed by atoms with Crippen molar-refractivity contribution < 1.29 is 14.3 Å². The average Bonchev–Trinajstić information content (AvgIpc) is 2.69. The summed E-state index contributed by atoms with van der Waals surface area (Å²) in [5.74, 6) is -0.467. The molecular formula is C16H21NO3. The van der Waals surface area contributed by atoms with E-state index in [0.29, 0.717) is 12.8 Å². The summed E-state index contributed by atoms with van der Waals surface area (Å²) in [7, 11) is 0. The highest BCUT2D eigenvalue weighted by Crippen LogP contribution is 2.24. The molecule has 1 fully saturated rings. The van der Waals surface area contributed by atoms with Crippen LogP contribution in [0.1, 0.15) is 32.8 Å². The van der Waals surface area contributed by atoms with E-state index in [1.54, 1.807) is 0 Å². The Morgan fingerprint density at radius 2 is 1.95 bits per heavy atom. The summed E-state index contributed by atoms with van der Waals surface area (Å²) in [4.78, 5) is 23.8. The molecule has 1 aliphatic rings. The first-order chi connectivity index (χ1) is 9.35. The third-order valence-electron chi connectivity index (χ3n) is 3.24. The molecule has 1 aromatic carbocycles. The van der Waals surface area contributed by atoms with E-state index < -0.39 is 11.6 Å². The summed E-state index contributed by atoms with van der Waals surface area (Å²) in [6.07, 6.45) is 1.07. The molecular weight excluding hydrogens is 254 g/mol. The van der Waals surface area contributed by atoms with E-state index in [1.807, 2.05) is 51.1 Å². The fourth-order valence-corrected chi connectivity index (χ4v) is 2.43. The number of nitrogens with one attached hydrogen (secondary N) is 1. The molecule has 0 aliphatic carbocycles. The highest BCUT2D eigenvalue weighted by molar-refractivity contribution is 5.89. The minimum Gasteiger partial charge on any atom is -0.458 e. The van der Waals surface area contributed by atoms with Crippen LogP contribution in [0, 0.1) is 5.92 Å². The number of benzene rings is 1. The number of hydrogen-bond acceptors (Lipinski definition) is 3. The van der Waals surface area contributed by atoms with Crippen molar-refractivity contribution in [2.45, 2.75) is 45.3 Å². The average molecular weight is 275 g/mol. The number of carbonyl (C=O) groups excluding carboxylic acids is 2. The molecule has 1 aliphatic heterocycles. The molecule has 1 amide bonds. The third kappa shape index (κ3) is 3.83. The maximum Gasteiger partial charge on any atom is 0.329 e. The standard InChI is InChI=1S/C16H21NO3/c1-16(2,3)20-15(19)14-12(10-13(18)17-14)9-11-7-5-4-6-8-11/h4-8,12,14H,9-10H2,1-3H3,(H,17,18)/t12-,14+/m1/s1. The molecule has 4 heteroatoms. The Morgan fingerprint density at radius 1 is 1.30 bits per heavy atom. The monoisotopic (exact) mass is 275 g/mol. The van der Waals surface area contributed by atoms with Crippen molar-refractivity contribution in [3.05, 3.63) is 35.9 Å². The van der Waals surface area contributed by atoms with Gasteiger partial charge in [0.15, 0.2) is 0 Å². The Morgan fingerprint density at radius 3 is 2.55 bits per heavy atom. The number of amides is 1. The molecule has 0 aromatic heterocycles. The van der Waals surface area contributed by atoms with Crippen LogP contribution < -0.4 is 5.32 Å². The smallest absolute Gasteiger partial charge is 0.329 e. The van der Waals surface area contributed by atoms with Crippen LogP contribution in [0.25, 0.3) is 0 Å². The van der Waals surface area contributed by atoms with Crippen molar-refractivity contribution in [3.63, 3.8) is 0 Å². The van der Waals surface area contributed by atoms with Crippen LogP contribution in [0.5, 0.6) is 0 Å². The lowest BCUT2D eigenvalue weighted by Crippen LogP contribution is -2.42. The van der Waals surface area contributed by atoms with Crippen LogP contribution >= 0.6 is 0 Å². The second-order valence-corrected chi connectivity index (χ2v) is 6.23. The van der Waals surface area contributed by atoms with Crippen molar-refractivity contribution in [1.29, 1.82) is 0 Å². The lowest BCUT2D eigenvalue weighted by Gasteiger charge is -2.24. The van der Waals surface area contributed by atoms with Gasteiger partial charge < -0.3 is 10.1 Å². The molecule has 4 nitrogen and oxygen atoms in total. The van der Waals surface area contributed by atoms with Gasteiger partial charge in [-0.15, -0.1) is 0 Å². The summed E-state index contributed by atoms with van der Waals surface area (Å²) < 4.78 is 5.38. The van der Waals surface area contributed by atoms with E-state index in [1.165, 1.54) is 0 Å². The van der Waals surface area contributed by atoms with Gasteiger partial charge in [0, 0.05) is 12.3 Å². The van der Waals surface area contributed by atoms with Crippen LogP contribution in [0.4, 0.5) is 0 Å². The topological polar surface area (TPSA) is 55.4 Å². The van der Waals surface area contributed by atoms with Crippen LogP contribution in [0.2, 0.25) is 0 Å². The molecule has 0 saturated carbocycles. The molecule has 0 unspecified atom stereocenters. The Balaban J connectivity index is 2.07. The van der Waals surface area contributed by atoms with E-state index in [-0.39, 0.29) is 17.8 Å². The van der Waals surface area contributed by atoms with Gasteiger partial charge in [0.05, 0.1) is 0 Å². The molecule has 2 atom stereocenters. The fraction of sp³-hybridized carbons (Fsp3) is 0.500. The second kappa shape index (κ2) is 5.65. The maximum absolute atomic E-state index is 12.2. The highest BCUT2D eigenvalue weighted by atomic mass is 16.6. The van der Waals surface area contributed by atoms with Gasteiger partial charge in [0.1, 0.15) is 11.6 Å². The van der Waals surface area contributed by atoms with Crippen molar-refractivity contribution >= 4 is 11.9 Å². The van der Waals surface area contributed by atoms with E-state index in [2.05, 4.69) is 5.32 Å². The number of hydrogen-bond donors (Lipinski definition) is 1. The molecule has 20 heavy (non-hydrogen) atoms. The number of esters is 1. The van der Waals surface area contributed by atoms with Gasteiger partial charge in [-0.05, 0) is 32.8 Å². The quantitative estimate of drug-likeness (QED) is 0.859. The Hall–Kier alpha value is -1.84. The van der Waals surface area contributed by atoms with Crippen LogP contribution in [-0.4, -0.2) is 23.5 Å². The predicted molar refractivity (Wildman–Crippen MR) is 76.0 cm³/mol. The molecule has 0 bridgehead atoms. The lowest BCUT2D eigenvalue weighted by atomic mass is 9.92. The largest absolute Gasteiger partial charge is 0.458 e. The van der Waals surface area contributed by atoms with Crippen LogP contribution in [0.15, 0.2) is 30.3 Å². The minimum absolute atomic E-state index is 0.0419. The third-order valence-corrected chi connectivity index (χ3v) is 3.24. The van der Waals surface area contributed by atoms with Crippen LogP contribution in [-0.2, 0) is 20.7 Å². The molecule has 1 aromatic rings. The minimum atomic E-state index is -0.540. The van der Waals surface area contributed by atoms with Gasteiger partial charge in [-0.3, -0.25) is 4.79 Å². The number of carbonyl (C=O) groups is 2. The highest BCUT2D eigenvalue weighted by Gasteiger charge is 2.39. The first kappa shape index (κ1) is 14.6. The summed E-state index contributed by atoms with van der Waals surface area (Å²) >= 11 is 0. The van der Waals surface area contributed by atoms with Gasteiger partial charge in [0.2, 0.25) is 5.91 Å². The van der Waals surface area contributed by atoms with Crippen molar-refractivity contribution in [1.82, 2.24) is 5.32 Å². The first-order valence-corrected chi connectivity index (χ1v) is 6.91. The van der Waals surface area contributed by atoms with Crippen molar-refractivity contribution in [3.8, 4) is 0 Å². The fourth-order valence-electron chi connectivity index (χ4n) is 2.43. The summed E-state index contributed by atoms with van der Waals surface area (Å²) in [6.45, 7) is 5.48. The number of ether oxygens (including phenoxy) is 1. The second-order valence-electron chi connectivity index (χ2n) is 6.23. The molecule has 1 N–H and O–H groups in total. The van der Waals surface area contributed by atoms with Crippen LogP contribution in [0.3, 0.4) is 0 Å². The van der Waals surface area contributed by atoms with E-state index in [4.69, 9.17) is 4.74 Å². The van der Waals surface area contributed by atoms with Gasteiger partial charge in [0.25, 0.3) is 0 Å². The Labute approximate surface area is 119 Å². The SMILES string of the molecule is CC(C)(C)OC(=O)[C@H]1NC(=O)C[C@H]1Cc1ccccc1. The molecule has 1 saturated heterocycles. The van der Waals surface area contributed by atoms with E-state index in [0.717, 1.165) is 5.56 Å². The molecule has 0 radical (unpaired) electrons. The van der Waals surface area contributed by atoms with E-state index >= 15 is 0 Å². The normalized spacial score (nSPS) is 22.4. The first-order valence-electron chi connectivity index (χ1n) is 6.91. The zero-order valence-corrected chi connectivity index (χ0v) is 12.2. The summed E-state index contributed by atoms with van der Waals surface area (Å²) in [5.41, 5.74) is 0.587. The summed E-state index contributed by atoms with van der Waals surface area (Å²) in [5, 5.41) is 2.73. The Kier molecular flexibility index (Phi) is 4.12. The zero-order chi connectivity index (χ0) is 14.8. The van der Waals surface area contributed by atoms with Gasteiger partial charge >= 0.3 is 5.97 Å². The molecule has 108 valence electrons. The summed E-state index contributed by atoms with van der Waals surface area (Å²) in [6, 6.07) is 9.35. The van der Waals surface area contributed by atoms with Crippen molar-refractivity contribution in [2.24, 2.45) is 5.92 Å². The van der Waals surface area contributed by atoms with Crippen molar-refractivity contribution in [2.75, 3.05) is 0 Å². The van der Waals surface area contributed by atoms with Gasteiger partial charge in [-0.2, -0.15) is 0 Å². The molecule has 0 spiro atoms. The lowest BCUT2D eigenvalue weighted by molar-refractivity contribution is -0.158. The maximum atomic E-state index is 12.2.